The lowest BCUT2D eigenvalue weighted by atomic mass is 10.2. The number of halogens is 1. The third-order valence-corrected chi connectivity index (χ3v) is 3.85. The summed E-state index contributed by atoms with van der Waals surface area (Å²) < 4.78 is 0. The molecular weight excluding hydrogens is 328 g/mol. The van der Waals surface area contributed by atoms with Crippen LogP contribution in [0.4, 0.5) is 5.69 Å². The highest BCUT2D eigenvalue weighted by Gasteiger charge is 2.11. The highest BCUT2D eigenvalue weighted by molar-refractivity contribution is 7.80. The van der Waals surface area contributed by atoms with Crippen LogP contribution in [-0.2, 0) is 4.79 Å². The summed E-state index contributed by atoms with van der Waals surface area (Å²) in [6, 6.07) is 17.0. The molecule has 1 N–H and O–H groups in total. The molecule has 0 aliphatic carbocycles. The molecule has 0 bridgehead atoms. The molecule has 1 amide bonds. The number of carbonyl (C=O) groups is 1. The Kier molecular flexibility index (Phi) is 6.32. The van der Waals surface area contributed by atoms with Gasteiger partial charge in [0, 0.05) is 23.3 Å². The Morgan fingerprint density at radius 3 is 2.48 bits per heavy atom. The number of hydrogen-bond donors (Lipinski definition) is 1. The molecule has 0 aromatic heterocycles. The first-order valence-corrected chi connectivity index (χ1v) is 8.00. The molecule has 0 aliphatic heterocycles. The van der Waals surface area contributed by atoms with Crippen LogP contribution in [0.3, 0.4) is 0 Å². The Morgan fingerprint density at radius 1 is 1.17 bits per heavy atom. The highest BCUT2D eigenvalue weighted by Crippen LogP contribution is 2.16. The molecule has 0 heterocycles. The molecule has 0 saturated carbocycles. The van der Waals surface area contributed by atoms with Crippen LogP contribution in [0.5, 0.6) is 0 Å². The second kappa shape index (κ2) is 8.46. The minimum absolute atomic E-state index is 0.288. The van der Waals surface area contributed by atoms with Crippen molar-refractivity contribution >= 4 is 46.6 Å². The molecule has 3 nitrogen and oxygen atoms in total. The standard InChI is InChI=1S/C18H17ClN2OS/c1-2-21(15-9-4-3-5-10-15)18(23)20-17(22)13-12-14-8-6-7-11-16(14)19/h3-13H,2H2,1H3,(H,20,22,23)/b13-12+. The van der Waals surface area contributed by atoms with Crippen molar-refractivity contribution in [2.75, 3.05) is 11.4 Å². The maximum absolute atomic E-state index is 12.0. The largest absolute Gasteiger partial charge is 0.319 e. The summed E-state index contributed by atoms with van der Waals surface area (Å²) in [7, 11) is 0. The molecule has 0 radical (unpaired) electrons. The Balaban J connectivity index is 2.02. The zero-order valence-electron chi connectivity index (χ0n) is 12.7. The molecule has 5 heteroatoms. The Hall–Kier alpha value is -2.17. The molecule has 0 spiro atoms. The monoisotopic (exact) mass is 344 g/mol. The maximum Gasteiger partial charge on any atom is 0.250 e. The summed E-state index contributed by atoms with van der Waals surface area (Å²) in [4.78, 5) is 13.9. The summed E-state index contributed by atoms with van der Waals surface area (Å²) in [6.07, 6.45) is 3.09. The van der Waals surface area contributed by atoms with Gasteiger partial charge in [-0.3, -0.25) is 10.1 Å². The highest BCUT2D eigenvalue weighted by atomic mass is 35.5. The first kappa shape index (κ1) is 17.2. The zero-order chi connectivity index (χ0) is 16.7. The van der Waals surface area contributed by atoms with Gasteiger partial charge in [-0.2, -0.15) is 0 Å². The predicted molar refractivity (Wildman–Crippen MR) is 101 cm³/mol. The van der Waals surface area contributed by atoms with E-state index in [1.165, 1.54) is 6.08 Å². The number of nitrogens with zero attached hydrogens (tertiary/aromatic N) is 1. The predicted octanol–water partition coefficient (Wildman–Crippen LogP) is 4.28. The minimum Gasteiger partial charge on any atom is -0.319 e. The van der Waals surface area contributed by atoms with E-state index < -0.39 is 0 Å². The fourth-order valence-electron chi connectivity index (χ4n) is 2.04. The van der Waals surface area contributed by atoms with Crippen LogP contribution in [-0.4, -0.2) is 17.6 Å². The lowest BCUT2D eigenvalue weighted by Gasteiger charge is -2.23. The van der Waals surface area contributed by atoms with E-state index in [0.717, 1.165) is 11.3 Å². The minimum atomic E-state index is -0.288. The van der Waals surface area contributed by atoms with Crippen LogP contribution >= 0.6 is 23.8 Å². The Labute approximate surface area is 146 Å². The van der Waals surface area contributed by atoms with Gasteiger partial charge in [0.25, 0.3) is 0 Å². The van der Waals surface area contributed by atoms with E-state index in [9.17, 15) is 4.79 Å². The van der Waals surface area contributed by atoms with Crippen molar-refractivity contribution in [3.05, 3.63) is 71.3 Å². The molecule has 2 rings (SSSR count). The van der Waals surface area contributed by atoms with Crippen LogP contribution in [0.25, 0.3) is 6.08 Å². The SMILES string of the molecule is CCN(C(=S)NC(=O)/C=C/c1ccccc1Cl)c1ccccc1. The quantitative estimate of drug-likeness (QED) is 0.663. The number of anilines is 1. The van der Waals surface area contributed by atoms with Gasteiger partial charge >= 0.3 is 0 Å². The lowest BCUT2D eigenvalue weighted by Crippen LogP contribution is -2.42. The molecule has 2 aromatic rings. The molecule has 0 aliphatic rings. The molecular formula is C18H17ClN2OS. The van der Waals surface area contributed by atoms with Gasteiger partial charge in [-0.05, 0) is 49.0 Å². The third-order valence-electron chi connectivity index (χ3n) is 3.18. The van der Waals surface area contributed by atoms with Crippen LogP contribution in [0.15, 0.2) is 60.7 Å². The van der Waals surface area contributed by atoms with Crippen molar-refractivity contribution in [2.24, 2.45) is 0 Å². The molecule has 0 unspecified atom stereocenters. The van der Waals surface area contributed by atoms with Crippen molar-refractivity contribution in [3.63, 3.8) is 0 Å². The second-order valence-electron chi connectivity index (χ2n) is 4.73. The Bertz CT molecular complexity index is 716. The molecule has 0 fully saturated rings. The molecule has 0 saturated heterocycles. The number of para-hydroxylation sites is 1. The van der Waals surface area contributed by atoms with Gasteiger partial charge in [0.05, 0.1) is 0 Å². The third kappa shape index (κ3) is 4.91. The zero-order valence-corrected chi connectivity index (χ0v) is 14.3. The van der Waals surface area contributed by atoms with Crippen LogP contribution < -0.4 is 10.2 Å². The lowest BCUT2D eigenvalue weighted by molar-refractivity contribution is -0.115. The second-order valence-corrected chi connectivity index (χ2v) is 5.52. The number of amides is 1. The number of carbonyl (C=O) groups excluding carboxylic acids is 1. The van der Waals surface area contributed by atoms with E-state index in [2.05, 4.69) is 5.32 Å². The van der Waals surface area contributed by atoms with E-state index in [4.69, 9.17) is 23.8 Å². The van der Waals surface area contributed by atoms with Gasteiger partial charge in [-0.1, -0.05) is 48.0 Å². The first-order chi connectivity index (χ1) is 11.1. The molecule has 118 valence electrons. The van der Waals surface area contributed by atoms with Crippen molar-refractivity contribution in [1.82, 2.24) is 5.32 Å². The van der Waals surface area contributed by atoms with E-state index in [1.807, 2.05) is 60.4 Å². The average molecular weight is 345 g/mol. The normalized spacial score (nSPS) is 10.5. The Morgan fingerprint density at radius 2 is 1.83 bits per heavy atom. The fourth-order valence-corrected chi connectivity index (χ4v) is 2.58. The van der Waals surface area contributed by atoms with Crippen LogP contribution in [0, 0.1) is 0 Å². The number of rotatable bonds is 4. The topological polar surface area (TPSA) is 32.3 Å². The van der Waals surface area contributed by atoms with Gasteiger partial charge < -0.3 is 4.90 Å². The van der Waals surface area contributed by atoms with Gasteiger partial charge in [0.15, 0.2) is 5.11 Å². The first-order valence-electron chi connectivity index (χ1n) is 7.22. The van der Waals surface area contributed by atoms with E-state index in [-0.39, 0.29) is 5.91 Å². The van der Waals surface area contributed by atoms with Gasteiger partial charge in [0.2, 0.25) is 5.91 Å². The molecule has 0 atom stereocenters. The van der Waals surface area contributed by atoms with Gasteiger partial charge in [0.1, 0.15) is 0 Å². The van der Waals surface area contributed by atoms with E-state index in [0.29, 0.717) is 16.7 Å². The summed E-state index contributed by atoms with van der Waals surface area (Å²) in [6.45, 7) is 2.64. The molecule has 23 heavy (non-hydrogen) atoms. The van der Waals surface area contributed by atoms with Crippen molar-refractivity contribution in [2.45, 2.75) is 6.92 Å². The summed E-state index contributed by atoms with van der Waals surface area (Å²) in [5.74, 6) is -0.288. The van der Waals surface area contributed by atoms with Crippen molar-refractivity contribution in [1.29, 1.82) is 0 Å². The number of thiocarbonyl (C=S) groups is 1. The van der Waals surface area contributed by atoms with Gasteiger partial charge in [-0.15, -0.1) is 0 Å². The van der Waals surface area contributed by atoms with E-state index in [1.54, 1.807) is 12.1 Å². The summed E-state index contributed by atoms with van der Waals surface area (Å²) in [5, 5.41) is 3.67. The fraction of sp³-hybridized carbons (Fsp3) is 0.111. The smallest absolute Gasteiger partial charge is 0.250 e. The van der Waals surface area contributed by atoms with E-state index >= 15 is 0 Å². The van der Waals surface area contributed by atoms with Crippen LogP contribution in [0.2, 0.25) is 5.02 Å². The number of benzene rings is 2. The summed E-state index contributed by atoms with van der Waals surface area (Å²) >= 11 is 11.4. The maximum atomic E-state index is 12.0. The van der Waals surface area contributed by atoms with Crippen molar-refractivity contribution < 1.29 is 4.79 Å². The number of hydrogen-bond acceptors (Lipinski definition) is 2. The molecule has 2 aromatic carbocycles. The summed E-state index contributed by atoms with van der Waals surface area (Å²) in [5.41, 5.74) is 1.72. The average Bonchev–Trinajstić information content (AvgIpc) is 2.56. The number of nitrogens with one attached hydrogen (secondary N) is 1. The van der Waals surface area contributed by atoms with Gasteiger partial charge in [-0.25, -0.2) is 0 Å². The van der Waals surface area contributed by atoms with Crippen LogP contribution in [0.1, 0.15) is 12.5 Å². The van der Waals surface area contributed by atoms with Crippen molar-refractivity contribution in [3.8, 4) is 0 Å².